The first-order valence-corrected chi connectivity index (χ1v) is 3.41. The van der Waals surface area contributed by atoms with Gasteiger partial charge in [-0.15, -0.1) is 4.52 Å². The van der Waals surface area contributed by atoms with Crippen LogP contribution in [0, 0.1) is 0 Å². The van der Waals surface area contributed by atoms with E-state index in [0.29, 0.717) is 0 Å². The molecule has 0 bridgehead atoms. The van der Waals surface area contributed by atoms with Gasteiger partial charge in [0.2, 0.25) is 0 Å². The Balaban J connectivity index is 3.11. The molecule has 0 radical (unpaired) electrons. The maximum Gasteiger partial charge on any atom is 0.494 e. The minimum Gasteiger partial charge on any atom is -0.460 e. The SMILES string of the molecule is C=CC(=O)OCCO[PH+]=O. The summed E-state index contributed by atoms with van der Waals surface area (Å²) in [5, 5.41) is 0. The van der Waals surface area contributed by atoms with E-state index in [0.717, 1.165) is 6.08 Å². The molecule has 0 heterocycles. The summed E-state index contributed by atoms with van der Waals surface area (Å²) in [6.45, 7) is 3.45. The predicted octanol–water partition coefficient (Wildman–Crippen LogP) is 0.671. The number of rotatable bonds is 5. The number of hydrogen-bond donors (Lipinski definition) is 0. The van der Waals surface area contributed by atoms with E-state index in [-0.39, 0.29) is 13.2 Å². The number of hydrogen-bond acceptors (Lipinski definition) is 4. The molecule has 0 aromatic heterocycles. The van der Waals surface area contributed by atoms with Crippen molar-refractivity contribution in [2.75, 3.05) is 13.2 Å². The Hall–Kier alpha value is -0.730. The van der Waals surface area contributed by atoms with E-state index in [1.807, 2.05) is 0 Å². The quantitative estimate of drug-likeness (QED) is 0.258. The zero-order chi connectivity index (χ0) is 7.82. The largest absolute Gasteiger partial charge is 0.494 e. The fraction of sp³-hybridized carbons (Fsp3) is 0.400. The third-order valence-corrected chi connectivity index (χ3v) is 0.977. The second-order valence-electron chi connectivity index (χ2n) is 1.30. The van der Waals surface area contributed by atoms with Gasteiger partial charge in [0.1, 0.15) is 13.2 Å². The average molecular weight is 163 g/mol. The van der Waals surface area contributed by atoms with Crippen molar-refractivity contribution in [2.24, 2.45) is 0 Å². The van der Waals surface area contributed by atoms with Crippen molar-refractivity contribution in [3.8, 4) is 0 Å². The molecule has 0 amide bonds. The Labute approximate surface area is 60.1 Å². The van der Waals surface area contributed by atoms with Crippen LogP contribution in [0.15, 0.2) is 12.7 Å². The zero-order valence-corrected chi connectivity index (χ0v) is 6.33. The van der Waals surface area contributed by atoms with Gasteiger partial charge in [0, 0.05) is 6.08 Å². The van der Waals surface area contributed by atoms with Crippen LogP contribution in [0.4, 0.5) is 0 Å². The monoisotopic (exact) mass is 163 g/mol. The molecule has 56 valence electrons. The summed E-state index contributed by atoms with van der Waals surface area (Å²) >= 11 is 0. The van der Waals surface area contributed by atoms with Crippen LogP contribution in [0.2, 0.25) is 0 Å². The zero-order valence-electron chi connectivity index (χ0n) is 5.33. The van der Waals surface area contributed by atoms with Crippen molar-refractivity contribution < 1.29 is 18.6 Å². The lowest BCUT2D eigenvalue weighted by Gasteiger charge is -1.94. The minimum absolute atomic E-state index is 0.111. The molecule has 0 aliphatic carbocycles. The third kappa shape index (κ3) is 5.41. The normalized spacial score (nSPS) is 9.20. The summed E-state index contributed by atoms with van der Waals surface area (Å²) in [7, 11) is -0.805. The van der Waals surface area contributed by atoms with Crippen molar-refractivity contribution >= 4 is 14.7 Å². The molecule has 0 aliphatic heterocycles. The molecule has 0 aromatic carbocycles. The molecule has 0 aromatic rings. The number of esters is 1. The maximum atomic E-state index is 10.3. The van der Waals surface area contributed by atoms with Gasteiger partial charge in [-0.3, -0.25) is 0 Å². The fourth-order valence-electron chi connectivity index (χ4n) is 0.285. The van der Waals surface area contributed by atoms with Gasteiger partial charge in [0.05, 0.1) is 0 Å². The first kappa shape index (κ1) is 9.27. The summed E-state index contributed by atoms with van der Waals surface area (Å²) in [5.41, 5.74) is 0. The van der Waals surface area contributed by atoms with Crippen molar-refractivity contribution in [1.29, 1.82) is 0 Å². The summed E-state index contributed by atoms with van der Waals surface area (Å²) in [5.74, 6) is -0.502. The molecule has 0 saturated heterocycles. The van der Waals surface area contributed by atoms with Crippen molar-refractivity contribution in [3.63, 3.8) is 0 Å². The smallest absolute Gasteiger partial charge is 0.460 e. The van der Waals surface area contributed by atoms with Gasteiger partial charge in [0.15, 0.2) is 0 Å². The van der Waals surface area contributed by atoms with Crippen molar-refractivity contribution in [2.45, 2.75) is 0 Å². The second kappa shape index (κ2) is 6.39. The summed E-state index contributed by atoms with van der Waals surface area (Å²) in [6.07, 6.45) is 1.06. The first-order chi connectivity index (χ1) is 4.81. The first-order valence-electron chi connectivity index (χ1n) is 2.59. The van der Waals surface area contributed by atoms with E-state index in [9.17, 15) is 9.36 Å². The highest BCUT2D eigenvalue weighted by Gasteiger charge is 1.96. The Morgan fingerprint density at radius 2 is 2.30 bits per heavy atom. The second-order valence-corrected chi connectivity index (χ2v) is 1.76. The summed E-state index contributed by atoms with van der Waals surface area (Å²) < 4.78 is 18.6. The molecule has 1 atom stereocenters. The highest BCUT2D eigenvalue weighted by atomic mass is 31.1. The number of carbonyl (C=O) groups excluding carboxylic acids is 1. The van der Waals surface area contributed by atoms with Gasteiger partial charge in [0.25, 0.3) is 0 Å². The minimum atomic E-state index is -0.805. The number of carbonyl (C=O) groups is 1. The van der Waals surface area contributed by atoms with E-state index in [1.165, 1.54) is 0 Å². The van der Waals surface area contributed by atoms with Gasteiger partial charge < -0.3 is 4.74 Å². The van der Waals surface area contributed by atoms with E-state index >= 15 is 0 Å². The van der Waals surface area contributed by atoms with Crippen LogP contribution in [-0.4, -0.2) is 19.2 Å². The highest BCUT2D eigenvalue weighted by molar-refractivity contribution is 7.17. The number of ether oxygens (including phenoxy) is 1. The fourth-order valence-corrected chi connectivity index (χ4v) is 0.451. The van der Waals surface area contributed by atoms with Crippen LogP contribution in [0.5, 0.6) is 0 Å². The lowest BCUT2D eigenvalue weighted by Crippen LogP contribution is -2.05. The van der Waals surface area contributed by atoms with E-state index in [1.54, 1.807) is 0 Å². The van der Waals surface area contributed by atoms with Crippen LogP contribution in [0.3, 0.4) is 0 Å². The van der Waals surface area contributed by atoms with Crippen LogP contribution in [0.25, 0.3) is 0 Å². The molecule has 5 heteroatoms. The Morgan fingerprint density at radius 3 is 2.80 bits per heavy atom. The Bertz CT molecular complexity index is 134. The highest BCUT2D eigenvalue weighted by Crippen LogP contribution is 1.92. The van der Waals surface area contributed by atoms with E-state index < -0.39 is 14.7 Å². The predicted molar refractivity (Wildman–Crippen MR) is 36.1 cm³/mol. The molecule has 0 N–H and O–H groups in total. The van der Waals surface area contributed by atoms with E-state index in [2.05, 4.69) is 15.8 Å². The topological polar surface area (TPSA) is 52.6 Å². The van der Waals surface area contributed by atoms with Gasteiger partial charge in [-0.05, 0) is 4.57 Å². The van der Waals surface area contributed by atoms with Crippen LogP contribution in [0.1, 0.15) is 0 Å². The van der Waals surface area contributed by atoms with Crippen molar-refractivity contribution in [3.05, 3.63) is 12.7 Å². The van der Waals surface area contributed by atoms with E-state index in [4.69, 9.17) is 0 Å². The lowest BCUT2D eigenvalue weighted by molar-refractivity contribution is -0.138. The third-order valence-electron chi connectivity index (χ3n) is 0.655. The van der Waals surface area contributed by atoms with Crippen molar-refractivity contribution in [1.82, 2.24) is 0 Å². The average Bonchev–Trinajstić information content (AvgIpc) is 1.98. The van der Waals surface area contributed by atoms with Gasteiger partial charge in [-0.1, -0.05) is 6.58 Å². The summed E-state index contributed by atoms with van der Waals surface area (Å²) in [6, 6.07) is 0. The van der Waals surface area contributed by atoms with Gasteiger partial charge >= 0.3 is 14.7 Å². The molecule has 0 fully saturated rings. The molecule has 0 spiro atoms. The Morgan fingerprint density at radius 1 is 1.60 bits per heavy atom. The van der Waals surface area contributed by atoms with Gasteiger partial charge in [-0.25, -0.2) is 4.79 Å². The summed E-state index contributed by atoms with van der Waals surface area (Å²) in [4.78, 5) is 10.3. The molecular weight excluding hydrogens is 155 g/mol. The molecule has 1 unspecified atom stereocenters. The molecule has 0 rings (SSSR count). The van der Waals surface area contributed by atoms with Crippen LogP contribution >= 0.6 is 8.69 Å². The van der Waals surface area contributed by atoms with Gasteiger partial charge in [-0.2, -0.15) is 0 Å². The maximum absolute atomic E-state index is 10.3. The Kier molecular flexibility index (Phi) is 5.92. The standard InChI is InChI=1S/C5H8O4P/c1-2-5(6)8-3-4-9-10-7/h2,10H,1,3-4H2/q+1. The van der Waals surface area contributed by atoms with Crippen LogP contribution < -0.4 is 0 Å². The molecule has 10 heavy (non-hydrogen) atoms. The molecule has 0 saturated carbocycles. The molecular formula is C5H8O4P+. The van der Waals surface area contributed by atoms with Crippen LogP contribution in [-0.2, 0) is 18.6 Å². The molecule has 0 aliphatic rings. The molecule has 4 nitrogen and oxygen atoms in total. The lowest BCUT2D eigenvalue weighted by atomic mass is 10.6.